The fourth-order valence-corrected chi connectivity index (χ4v) is 2.96. The van der Waals surface area contributed by atoms with Gasteiger partial charge < -0.3 is 4.74 Å². The largest absolute Gasteiger partial charge is 0.487 e. The summed E-state index contributed by atoms with van der Waals surface area (Å²) in [4.78, 5) is 0. The summed E-state index contributed by atoms with van der Waals surface area (Å²) in [6, 6.07) is 0. The van der Waals surface area contributed by atoms with Crippen molar-refractivity contribution >= 4 is 0 Å². The molecule has 0 bridgehead atoms. The van der Waals surface area contributed by atoms with Crippen LogP contribution in [0.4, 0.5) is 17.6 Å². The van der Waals surface area contributed by atoms with Gasteiger partial charge in [-0.3, -0.25) is 0 Å². The molecular weight excluding hydrogens is 284 g/mol. The van der Waals surface area contributed by atoms with Crippen LogP contribution in [-0.4, -0.2) is 18.5 Å². The van der Waals surface area contributed by atoms with E-state index in [9.17, 15) is 17.6 Å². The maximum atomic E-state index is 14.2. The minimum absolute atomic E-state index is 0.221. The van der Waals surface area contributed by atoms with Crippen LogP contribution in [0.25, 0.3) is 0 Å². The van der Waals surface area contributed by atoms with Crippen molar-refractivity contribution in [3.8, 4) is 0 Å². The van der Waals surface area contributed by atoms with Crippen LogP contribution in [0.3, 0.4) is 0 Å². The highest BCUT2D eigenvalue weighted by atomic mass is 19.3. The lowest BCUT2D eigenvalue weighted by molar-refractivity contribution is -0.188. The van der Waals surface area contributed by atoms with Crippen molar-refractivity contribution in [1.82, 2.24) is 0 Å². The smallest absolute Gasteiger partial charge is 0.370 e. The average Bonchev–Trinajstić information content (AvgIpc) is 2.42. The first-order chi connectivity index (χ1) is 9.80. The molecule has 2 aliphatic rings. The molecule has 2 rings (SSSR count). The summed E-state index contributed by atoms with van der Waals surface area (Å²) in [5.74, 6) is -9.48. The van der Waals surface area contributed by atoms with Crippen molar-refractivity contribution in [1.29, 1.82) is 0 Å². The molecule has 0 N–H and O–H groups in total. The van der Waals surface area contributed by atoms with E-state index in [0.717, 1.165) is 25.0 Å². The lowest BCUT2D eigenvalue weighted by Crippen LogP contribution is -2.48. The summed E-state index contributed by atoms with van der Waals surface area (Å²) >= 11 is 0. The third-order valence-electron chi connectivity index (χ3n) is 4.29. The number of halogens is 4. The summed E-state index contributed by atoms with van der Waals surface area (Å²) in [5.41, 5.74) is -0.453. The van der Waals surface area contributed by atoms with E-state index in [2.05, 4.69) is 13.5 Å². The van der Waals surface area contributed by atoms with Crippen molar-refractivity contribution in [2.45, 2.75) is 44.5 Å². The Morgan fingerprint density at radius 3 is 2.33 bits per heavy atom. The predicted octanol–water partition coefficient (Wildman–Crippen LogP) is 5.11. The minimum Gasteiger partial charge on any atom is -0.487 e. The number of rotatable bonds is 4. The fourth-order valence-electron chi connectivity index (χ4n) is 2.96. The van der Waals surface area contributed by atoms with Gasteiger partial charge in [0.25, 0.3) is 0 Å². The van der Waals surface area contributed by atoms with Gasteiger partial charge >= 0.3 is 11.8 Å². The van der Waals surface area contributed by atoms with Crippen LogP contribution in [0.1, 0.15) is 32.6 Å². The van der Waals surface area contributed by atoms with Crippen molar-refractivity contribution in [2.24, 2.45) is 11.8 Å². The standard InChI is InChI=1S/C16H20F4O/c1-3-10-21-14-9-8-13(15(17,18)16(14,19)20)12-6-4-11(2)5-7-12/h3,8-9,11-12H,1,4-7,10H2,2H3. The van der Waals surface area contributed by atoms with Gasteiger partial charge in [0.1, 0.15) is 6.61 Å². The Morgan fingerprint density at radius 1 is 1.14 bits per heavy atom. The number of hydrogen-bond donors (Lipinski definition) is 0. The lowest BCUT2D eigenvalue weighted by Gasteiger charge is -2.37. The molecule has 21 heavy (non-hydrogen) atoms. The Hall–Kier alpha value is -1.26. The van der Waals surface area contributed by atoms with E-state index >= 15 is 0 Å². The Morgan fingerprint density at radius 2 is 1.76 bits per heavy atom. The molecule has 0 aromatic carbocycles. The molecule has 5 heteroatoms. The fraction of sp³-hybridized carbons (Fsp3) is 0.625. The van der Waals surface area contributed by atoms with Crippen molar-refractivity contribution < 1.29 is 22.3 Å². The molecule has 0 spiro atoms. The number of alkyl halides is 4. The maximum absolute atomic E-state index is 14.2. The molecule has 0 aromatic heterocycles. The normalized spacial score (nSPS) is 31.1. The molecule has 1 fully saturated rings. The Bertz CT molecular complexity index is 457. The molecule has 0 aliphatic heterocycles. The zero-order valence-electron chi connectivity index (χ0n) is 12.0. The second-order valence-corrected chi connectivity index (χ2v) is 5.86. The van der Waals surface area contributed by atoms with Crippen LogP contribution in [0.15, 0.2) is 36.1 Å². The van der Waals surface area contributed by atoms with Crippen LogP contribution in [-0.2, 0) is 4.74 Å². The Kier molecular flexibility index (Phi) is 4.49. The van der Waals surface area contributed by atoms with E-state index in [0.29, 0.717) is 18.8 Å². The van der Waals surface area contributed by atoms with Gasteiger partial charge in [0.05, 0.1) is 0 Å². The highest BCUT2D eigenvalue weighted by Crippen LogP contribution is 2.52. The van der Waals surface area contributed by atoms with Gasteiger partial charge in [-0.25, -0.2) is 0 Å². The summed E-state index contributed by atoms with van der Waals surface area (Å²) in [7, 11) is 0. The molecule has 1 saturated carbocycles. The lowest BCUT2D eigenvalue weighted by atomic mass is 9.75. The second-order valence-electron chi connectivity index (χ2n) is 5.86. The molecule has 0 amide bonds. The van der Waals surface area contributed by atoms with Crippen molar-refractivity contribution in [2.75, 3.05) is 6.61 Å². The van der Waals surface area contributed by atoms with E-state index in [1.165, 1.54) is 6.08 Å². The topological polar surface area (TPSA) is 9.23 Å². The summed E-state index contributed by atoms with van der Waals surface area (Å²) in [6.07, 6.45) is 6.02. The van der Waals surface area contributed by atoms with Crippen LogP contribution in [0.2, 0.25) is 0 Å². The molecule has 0 atom stereocenters. The van der Waals surface area contributed by atoms with Gasteiger partial charge in [0.15, 0.2) is 5.76 Å². The maximum Gasteiger partial charge on any atom is 0.370 e. The first-order valence-corrected chi connectivity index (χ1v) is 7.22. The van der Waals surface area contributed by atoms with Crippen LogP contribution >= 0.6 is 0 Å². The van der Waals surface area contributed by atoms with Gasteiger partial charge in [-0.05, 0) is 30.8 Å². The average molecular weight is 304 g/mol. The molecule has 1 nitrogen and oxygen atoms in total. The van der Waals surface area contributed by atoms with Gasteiger partial charge in [-0.1, -0.05) is 38.5 Å². The molecule has 0 radical (unpaired) electrons. The summed E-state index contributed by atoms with van der Waals surface area (Å²) < 4.78 is 61.3. The van der Waals surface area contributed by atoms with Crippen LogP contribution in [0.5, 0.6) is 0 Å². The van der Waals surface area contributed by atoms with Gasteiger partial charge in [-0.2, -0.15) is 17.6 Å². The van der Waals surface area contributed by atoms with E-state index in [4.69, 9.17) is 4.74 Å². The molecule has 0 saturated heterocycles. The molecule has 2 aliphatic carbocycles. The molecular formula is C16H20F4O. The van der Waals surface area contributed by atoms with Crippen molar-refractivity contribution in [3.05, 3.63) is 36.1 Å². The van der Waals surface area contributed by atoms with Crippen LogP contribution < -0.4 is 0 Å². The molecule has 118 valence electrons. The third kappa shape index (κ3) is 2.87. The zero-order chi connectivity index (χ0) is 15.7. The van der Waals surface area contributed by atoms with Crippen LogP contribution in [0, 0.1) is 11.8 Å². The van der Waals surface area contributed by atoms with E-state index in [1.54, 1.807) is 0 Å². The SMILES string of the molecule is C=CCOC1=CC=C(C2CCC(C)CC2)C(F)(F)C1(F)F. The van der Waals surface area contributed by atoms with Gasteiger partial charge in [0.2, 0.25) is 0 Å². The van der Waals surface area contributed by atoms with E-state index in [-0.39, 0.29) is 6.61 Å². The molecule has 0 heterocycles. The Labute approximate surface area is 122 Å². The number of allylic oxidation sites excluding steroid dienone is 4. The number of hydrogen-bond acceptors (Lipinski definition) is 1. The minimum atomic E-state index is -4.30. The van der Waals surface area contributed by atoms with Gasteiger partial charge in [0, 0.05) is 5.57 Å². The molecule has 0 aromatic rings. The predicted molar refractivity (Wildman–Crippen MR) is 73.3 cm³/mol. The third-order valence-corrected chi connectivity index (χ3v) is 4.29. The van der Waals surface area contributed by atoms with E-state index < -0.39 is 29.1 Å². The second kappa shape index (κ2) is 5.85. The first-order valence-electron chi connectivity index (χ1n) is 7.22. The van der Waals surface area contributed by atoms with E-state index in [1.807, 2.05) is 0 Å². The number of ether oxygens (including phenoxy) is 1. The van der Waals surface area contributed by atoms with Gasteiger partial charge in [-0.15, -0.1) is 0 Å². The highest BCUT2D eigenvalue weighted by Gasteiger charge is 2.64. The summed E-state index contributed by atoms with van der Waals surface area (Å²) in [5, 5.41) is 0. The highest BCUT2D eigenvalue weighted by molar-refractivity contribution is 5.36. The van der Waals surface area contributed by atoms with Crippen molar-refractivity contribution in [3.63, 3.8) is 0 Å². The first kappa shape index (κ1) is 16.1. The quantitative estimate of drug-likeness (QED) is 0.518. The Balaban J connectivity index is 2.26. The monoisotopic (exact) mass is 304 g/mol. The molecule has 0 unspecified atom stereocenters. The summed E-state index contributed by atoms with van der Waals surface area (Å²) in [6.45, 7) is 5.16. The zero-order valence-corrected chi connectivity index (χ0v) is 12.0.